The lowest BCUT2D eigenvalue weighted by Crippen LogP contribution is -2.46. The minimum absolute atomic E-state index is 0.126. The average molecular weight is 229 g/mol. The second-order valence-corrected chi connectivity index (χ2v) is 3.08. The number of aliphatic carboxylic acids is 1. The lowest BCUT2D eigenvalue weighted by atomic mass is 10.4. The third-order valence-corrected chi connectivity index (χ3v) is 1.49. The molecule has 3 N–H and O–H groups in total. The minimum Gasteiger partial charge on any atom is -0.480 e. The molecule has 2 amide bonds. The quantitative estimate of drug-likeness (QED) is 0.389. The number of nitrogens with zero attached hydrogens (tertiary/aromatic N) is 1. The number of rotatable bonds is 6. The van der Waals surface area contributed by atoms with E-state index in [2.05, 4.69) is 17.4 Å². The Hall–Kier alpha value is -1.89. The van der Waals surface area contributed by atoms with Crippen molar-refractivity contribution < 1.29 is 19.5 Å². The van der Waals surface area contributed by atoms with Crippen molar-refractivity contribution in [3.63, 3.8) is 0 Å². The number of carbonyl (C=O) groups excluding carboxylic acids is 2. The predicted octanol–water partition coefficient (Wildman–Crippen LogP) is -1.27. The van der Waals surface area contributed by atoms with Crippen LogP contribution in [0.4, 0.5) is 0 Å². The van der Waals surface area contributed by atoms with Gasteiger partial charge in [-0.1, -0.05) is 6.08 Å². The summed E-state index contributed by atoms with van der Waals surface area (Å²) in [5, 5.41) is 8.56. The number of hydrogen-bond acceptors (Lipinski definition) is 4. The van der Waals surface area contributed by atoms with E-state index in [1.54, 1.807) is 0 Å². The zero-order valence-electron chi connectivity index (χ0n) is 9.02. The van der Waals surface area contributed by atoms with Gasteiger partial charge in [-0.3, -0.25) is 30.1 Å². The molecule has 7 nitrogen and oxygen atoms in total. The Morgan fingerprint density at radius 3 is 2.38 bits per heavy atom. The lowest BCUT2D eigenvalue weighted by molar-refractivity contribution is -0.138. The van der Waals surface area contributed by atoms with Gasteiger partial charge in [0.1, 0.15) is 0 Å². The molecule has 0 bridgehead atoms. The number of amides is 2. The molecule has 16 heavy (non-hydrogen) atoms. The summed E-state index contributed by atoms with van der Waals surface area (Å²) in [5.74, 6) is -1.92. The summed E-state index contributed by atoms with van der Waals surface area (Å²) in [5.41, 5.74) is 4.24. The molecular formula is C9H15N3O4. The maximum Gasteiger partial charge on any atom is 0.317 e. The molecule has 90 valence electrons. The van der Waals surface area contributed by atoms with E-state index in [-0.39, 0.29) is 19.6 Å². The van der Waals surface area contributed by atoms with Crippen molar-refractivity contribution in [2.75, 3.05) is 19.6 Å². The topological polar surface area (TPSA) is 98.7 Å². The minimum atomic E-state index is -1.03. The highest BCUT2D eigenvalue weighted by molar-refractivity contribution is 5.82. The van der Waals surface area contributed by atoms with Crippen molar-refractivity contribution in [3.8, 4) is 0 Å². The highest BCUT2D eigenvalue weighted by Crippen LogP contribution is 1.88. The molecule has 0 aromatic heterocycles. The van der Waals surface area contributed by atoms with Crippen molar-refractivity contribution in [3.05, 3.63) is 12.7 Å². The first-order valence-corrected chi connectivity index (χ1v) is 4.56. The fourth-order valence-corrected chi connectivity index (χ4v) is 0.959. The van der Waals surface area contributed by atoms with Gasteiger partial charge in [0.25, 0.3) is 5.91 Å². The number of carboxylic acids is 1. The standard InChI is InChI=1S/C9H15N3O4/c1-3-4-12(6-9(15)16)5-8(14)11-10-7(2)13/h3H,1,4-6H2,2H3,(H,10,13)(H,11,14)(H,15,16). The van der Waals surface area contributed by atoms with Crippen LogP contribution in [-0.2, 0) is 14.4 Å². The van der Waals surface area contributed by atoms with Gasteiger partial charge in [-0.25, -0.2) is 0 Å². The Kier molecular flexibility index (Phi) is 6.53. The van der Waals surface area contributed by atoms with E-state index < -0.39 is 17.8 Å². The summed E-state index contributed by atoms with van der Waals surface area (Å²) < 4.78 is 0. The first kappa shape index (κ1) is 14.1. The molecule has 0 rings (SSSR count). The van der Waals surface area contributed by atoms with Crippen molar-refractivity contribution >= 4 is 17.8 Å². The second kappa shape index (κ2) is 7.41. The maximum atomic E-state index is 11.2. The van der Waals surface area contributed by atoms with Crippen LogP contribution < -0.4 is 10.9 Å². The van der Waals surface area contributed by atoms with Crippen LogP contribution in [0.5, 0.6) is 0 Å². The van der Waals surface area contributed by atoms with Gasteiger partial charge in [0.15, 0.2) is 0 Å². The molecule has 0 saturated carbocycles. The van der Waals surface area contributed by atoms with Gasteiger partial charge in [0.05, 0.1) is 13.1 Å². The molecule has 0 atom stereocenters. The fraction of sp³-hybridized carbons (Fsp3) is 0.444. The van der Waals surface area contributed by atoms with Crippen molar-refractivity contribution in [1.82, 2.24) is 15.8 Å². The Labute approximate surface area is 93.1 Å². The molecule has 7 heteroatoms. The molecule has 0 unspecified atom stereocenters. The Balaban J connectivity index is 4.06. The summed E-state index contributed by atoms with van der Waals surface area (Å²) in [6.07, 6.45) is 1.49. The normalized spacial score (nSPS) is 9.62. The van der Waals surface area contributed by atoms with E-state index in [0.29, 0.717) is 0 Å². The number of nitrogens with one attached hydrogen (secondary N) is 2. The Morgan fingerprint density at radius 2 is 1.94 bits per heavy atom. The second-order valence-electron chi connectivity index (χ2n) is 3.08. The molecule has 0 aromatic carbocycles. The van der Waals surface area contributed by atoms with Crippen LogP contribution in [0.25, 0.3) is 0 Å². The van der Waals surface area contributed by atoms with E-state index in [9.17, 15) is 14.4 Å². The number of carboxylic acid groups (broad SMARTS) is 1. The summed E-state index contributed by atoms with van der Waals surface area (Å²) in [6.45, 7) is 4.59. The van der Waals surface area contributed by atoms with Gasteiger partial charge in [-0.05, 0) is 0 Å². The lowest BCUT2D eigenvalue weighted by Gasteiger charge is -2.17. The van der Waals surface area contributed by atoms with Gasteiger partial charge in [-0.15, -0.1) is 6.58 Å². The molecule has 0 fully saturated rings. The smallest absolute Gasteiger partial charge is 0.317 e. The van der Waals surface area contributed by atoms with E-state index in [1.807, 2.05) is 0 Å². The van der Waals surface area contributed by atoms with Gasteiger partial charge in [0.2, 0.25) is 5.91 Å². The molecule has 0 saturated heterocycles. The summed E-state index contributed by atoms with van der Waals surface area (Å²) >= 11 is 0. The molecule has 0 aliphatic carbocycles. The van der Waals surface area contributed by atoms with Gasteiger partial charge in [0, 0.05) is 13.5 Å². The first-order valence-electron chi connectivity index (χ1n) is 4.56. The zero-order valence-corrected chi connectivity index (χ0v) is 9.02. The van der Waals surface area contributed by atoms with Crippen LogP contribution in [0, 0.1) is 0 Å². The zero-order chi connectivity index (χ0) is 12.6. The van der Waals surface area contributed by atoms with E-state index in [1.165, 1.54) is 17.9 Å². The van der Waals surface area contributed by atoms with Crippen LogP contribution in [-0.4, -0.2) is 47.4 Å². The largest absolute Gasteiger partial charge is 0.480 e. The average Bonchev–Trinajstić information content (AvgIpc) is 2.14. The maximum absolute atomic E-state index is 11.2. The molecule has 0 aliphatic heterocycles. The summed E-state index contributed by atoms with van der Waals surface area (Å²) in [4.78, 5) is 33.5. The first-order chi connectivity index (χ1) is 7.45. The molecule has 0 aromatic rings. The van der Waals surface area contributed by atoms with Crippen LogP contribution in [0.2, 0.25) is 0 Å². The molecule has 0 aliphatic rings. The molecule has 0 spiro atoms. The number of carbonyl (C=O) groups is 3. The van der Waals surface area contributed by atoms with Crippen molar-refractivity contribution in [2.45, 2.75) is 6.92 Å². The van der Waals surface area contributed by atoms with Crippen LogP contribution >= 0.6 is 0 Å². The van der Waals surface area contributed by atoms with E-state index >= 15 is 0 Å². The molecule has 0 radical (unpaired) electrons. The Bertz CT molecular complexity index is 290. The molecule has 0 heterocycles. The van der Waals surface area contributed by atoms with E-state index in [0.717, 1.165) is 0 Å². The van der Waals surface area contributed by atoms with Crippen molar-refractivity contribution in [2.24, 2.45) is 0 Å². The third kappa shape index (κ3) is 7.51. The summed E-state index contributed by atoms with van der Waals surface area (Å²) in [7, 11) is 0. The van der Waals surface area contributed by atoms with Crippen LogP contribution in [0.3, 0.4) is 0 Å². The van der Waals surface area contributed by atoms with Crippen LogP contribution in [0.1, 0.15) is 6.92 Å². The number of hydrogen-bond donors (Lipinski definition) is 3. The van der Waals surface area contributed by atoms with Gasteiger partial charge >= 0.3 is 5.97 Å². The summed E-state index contributed by atoms with van der Waals surface area (Å²) in [6, 6.07) is 0. The molecular weight excluding hydrogens is 214 g/mol. The third-order valence-electron chi connectivity index (χ3n) is 1.49. The monoisotopic (exact) mass is 229 g/mol. The van der Waals surface area contributed by atoms with E-state index in [4.69, 9.17) is 5.11 Å². The fourth-order valence-electron chi connectivity index (χ4n) is 0.959. The highest BCUT2D eigenvalue weighted by atomic mass is 16.4. The highest BCUT2D eigenvalue weighted by Gasteiger charge is 2.12. The van der Waals surface area contributed by atoms with Gasteiger partial charge < -0.3 is 5.11 Å². The number of hydrazine groups is 1. The van der Waals surface area contributed by atoms with Gasteiger partial charge in [-0.2, -0.15) is 0 Å². The van der Waals surface area contributed by atoms with Crippen LogP contribution in [0.15, 0.2) is 12.7 Å². The predicted molar refractivity (Wildman–Crippen MR) is 56.2 cm³/mol. The Morgan fingerprint density at radius 1 is 1.31 bits per heavy atom. The SMILES string of the molecule is C=CCN(CC(=O)O)CC(=O)NNC(C)=O. The van der Waals surface area contributed by atoms with Crippen molar-refractivity contribution in [1.29, 1.82) is 0 Å².